The number of carbonyl (C=O) groups is 2. The molecule has 1 aliphatic heterocycles. The van der Waals surface area contributed by atoms with Gasteiger partial charge in [-0.15, -0.1) is 0 Å². The van der Waals surface area contributed by atoms with Crippen molar-refractivity contribution < 1.29 is 23.8 Å². The maximum Gasteiger partial charge on any atom is 0.300 e. The van der Waals surface area contributed by atoms with E-state index in [4.69, 9.17) is 4.74 Å². The van der Waals surface area contributed by atoms with Crippen molar-refractivity contribution in [3.8, 4) is 5.75 Å². The van der Waals surface area contributed by atoms with E-state index in [-0.39, 0.29) is 11.3 Å². The van der Waals surface area contributed by atoms with Gasteiger partial charge in [0, 0.05) is 11.3 Å². The molecule has 0 aliphatic carbocycles. The van der Waals surface area contributed by atoms with Crippen molar-refractivity contribution in [2.24, 2.45) is 0 Å². The lowest BCUT2D eigenvalue weighted by Gasteiger charge is -2.25. The van der Waals surface area contributed by atoms with Crippen LogP contribution < -0.4 is 9.64 Å². The first kappa shape index (κ1) is 20.3. The molecule has 0 aromatic heterocycles. The summed E-state index contributed by atoms with van der Waals surface area (Å²) in [4.78, 5) is 27.3. The summed E-state index contributed by atoms with van der Waals surface area (Å²) < 4.78 is 18.9. The Balaban J connectivity index is 1.87. The van der Waals surface area contributed by atoms with Crippen LogP contribution >= 0.6 is 0 Å². The minimum absolute atomic E-state index is 0.0234. The van der Waals surface area contributed by atoms with Crippen molar-refractivity contribution in [1.82, 2.24) is 0 Å². The molecule has 1 unspecified atom stereocenters. The Hall–Kier alpha value is -3.93. The Bertz CT molecular complexity index is 1140. The fourth-order valence-electron chi connectivity index (χ4n) is 3.68. The second-order valence-corrected chi connectivity index (χ2v) is 7.01. The van der Waals surface area contributed by atoms with Crippen molar-refractivity contribution in [2.45, 2.75) is 13.0 Å². The summed E-state index contributed by atoms with van der Waals surface area (Å²) in [5.41, 5.74) is 1.38. The van der Waals surface area contributed by atoms with Crippen LogP contribution in [-0.4, -0.2) is 23.4 Å². The van der Waals surface area contributed by atoms with Gasteiger partial charge in [-0.1, -0.05) is 30.3 Å². The van der Waals surface area contributed by atoms with Crippen LogP contribution in [0.25, 0.3) is 5.76 Å². The van der Waals surface area contributed by atoms with Crippen molar-refractivity contribution in [2.75, 3.05) is 11.5 Å². The third kappa shape index (κ3) is 3.80. The van der Waals surface area contributed by atoms with E-state index in [1.807, 2.05) is 13.0 Å². The van der Waals surface area contributed by atoms with Crippen molar-refractivity contribution in [3.05, 3.63) is 101 Å². The molecule has 4 rings (SSSR count). The minimum Gasteiger partial charge on any atom is -0.507 e. The highest BCUT2D eigenvalue weighted by Gasteiger charge is 2.46. The van der Waals surface area contributed by atoms with Crippen LogP contribution in [0.3, 0.4) is 0 Å². The number of rotatable bonds is 5. The van der Waals surface area contributed by atoms with Gasteiger partial charge < -0.3 is 9.84 Å². The predicted molar refractivity (Wildman–Crippen MR) is 115 cm³/mol. The van der Waals surface area contributed by atoms with Gasteiger partial charge in [0.25, 0.3) is 11.7 Å². The molecule has 1 heterocycles. The molecule has 0 bridgehead atoms. The van der Waals surface area contributed by atoms with E-state index in [1.165, 1.54) is 29.2 Å². The van der Waals surface area contributed by atoms with Crippen LogP contribution in [0.2, 0.25) is 0 Å². The van der Waals surface area contributed by atoms with Crippen LogP contribution in [0.5, 0.6) is 5.75 Å². The highest BCUT2D eigenvalue weighted by Crippen LogP contribution is 2.42. The number of halogens is 1. The average molecular weight is 417 g/mol. The second kappa shape index (κ2) is 8.44. The van der Waals surface area contributed by atoms with Crippen LogP contribution in [-0.2, 0) is 9.59 Å². The number of aliphatic hydroxyl groups is 1. The number of nitrogens with zero attached hydrogens (tertiary/aromatic N) is 1. The summed E-state index contributed by atoms with van der Waals surface area (Å²) in [6.07, 6.45) is 0. The van der Waals surface area contributed by atoms with Gasteiger partial charge in [-0.2, -0.15) is 0 Å². The van der Waals surface area contributed by atoms with E-state index in [1.54, 1.807) is 48.5 Å². The summed E-state index contributed by atoms with van der Waals surface area (Å²) >= 11 is 0. The number of anilines is 1. The third-order valence-corrected chi connectivity index (χ3v) is 5.10. The van der Waals surface area contributed by atoms with Gasteiger partial charge in [-0.3, -0.25) is 14.5 Å². The third-order valence-electron chi connectivity index (χ3n) is 5.10. The van der Waals surface area contributed by atoms with Crippen molar-refractivity contribution in [3.63, 3.8) is 0 Å². The summed E-state index contributed by atoms with van der Waals surface area (Å²) in [6, 6.07) is 20.1. The quantitative estimate of drug-likeness (QED) is 0.366. The molecule has 31 heavy (non-hydrogen) atoms. The summed E-state index contributed by atoms with van der Waals surface area (Å²) in [7, 11) is 0. The Morgan fingerprint density at radius 3 is 2.23 bits per heavy atom. The number of benzene rings is 3. The molecule has 0 spiro atoms. The molecule has 156 valence electrons. The van der Waals surface area contributed by atoms with Gasteiger partial charge in [0.15, 0.2) is 0 Å². The molecular formula is C25H20FNO4. The smallest absolute Gasteiger partial charge is 0.300 e. The largest absolute Gasteiger partial charge is 0.507 e. The second-order valence-electron chi connectivity index (χ2n) is 7.01. The number of amides is 1. The van der Waals surface area contributed by atoms with Gasteiger partial charge in [0.2, 0.25) is 0 Å². The number of aliphatic hydroxyl groups excluding tert-OH is 1. The summed E-state index contributed by atoms with van der Waals surface area (Å²) in [5.74, 6) is -1.69. The first-order chi connectivity index (χ1) is 15.0. The molecule has 1 aliphatic rings. The lowest BCUT2D eigenvalue weighted by atomic mass is 9.95. The molecule has 6 heteroatoms. The molecule has 1 saturated heterocycles. The molecule has 1 amide bonds. The summed E-state index contributed by atoms with van der Waals surface area (Å²) in [5, 5.41) is 11.0. The molecule has 1 fully saturated rings. The minimum atomic E-state index is -0.849. The summed E-state index contributed by atoms with van der Waals surface area (Å²) in [6.45, 7) is 2.37. The zero-order valence-electron chi connectivity index (χ0n) is 16.8. The van der Waals surface area contributed by atoms with Gasteiger partial charge in [0.1, 0.15) is 17.3 Å². The number of Topliss-reactive ketones (excluding diaryl/α,β-unsaturated/α-hetero) is 1. The molecular weight excluding hydrogens is 397 g/mol. The Labute approximate surface area is 179 Å². The van der Waals surface area contributed by atoms with E-state index < -0.39 is 23.5 Å². The van der Waals surface area contributed by atoms with Crippen molar-refractivity contribution in [1.29, 1.82) is 0 Å². The van der Waals surface area contributed by atoms with Crippen LogP contribution in [0.1, 0.15) is 24.1 Å². The van der Waals surface area contributed by atoms with Gasteiger partial charge in [0.05, 0.1) is 18.2 Å². The van der Waals surface area contributed by atoms with E-state index >= 15 is 0 Å². The molecule has 0 radical (unpaired) electrons. The van der Waals surface area contributed by atoms with E-state index in [0.29, 0.717) is 29.2 Å². The van der Waals surface area contributed by atoms with Gasteiger partial charge >= 0.3 is 0 Å². The average Bonchev–Trinajstić information content (AvgIpc) is 3.06. The zero-order chi connectivity index (χ0) is 22.0. The Kier molecular flexibility index (Phi) is 5.54. The molecule has 5 nitrogen and oxygen atoms in total. The first-order valence-electron chi connectivity index (χ1n) is 9.86. The molecule has 3 aromatic carbocycles. The Morgan fingerprint density at radius 2 is 1.61 bits per heavy atom. The van der Waals surface area contributed by atoms with Gasteiger partial charge in [-0.05, 0) is 61.0 Å². The van der Waals surface area contributed by atoms with E-state index in [0.717, 1.165) is 0 Å². The standard InChI is InChI=1S/C25H20FNO4/c1-2-31-20-14-8-17(9-15-20)23(28)21-22(16-6-4-3-5-7-16)27(25(30)24(21)29)19-12-10-18(26)11-13-19/h3-15,22,28H,2H2,1H3/b23-21+. The monoisotopic (exact) mass is 417 g/mol. The van der Waals surface area contributed by atoms with Crippen LogP contribution in [0.4, 0.5) is 10.1 Å². The van der Waals surface area contributed by atoms with E-state index in [2.05, 4.69) is 0 Å². The molecule has 0 saturated carbocycles. The number of hydrogen-bond donors (Lipinski definition) is 1. The number of carbonyl (C=O) groups excluding carboxylic acids is 2. The van der Waals surface area contributed by atoms with Crippen LogP contribution in [0, 0.1) is 5.82 Å². The lowest BCUT2D eigenvalue weighted by molar-refractivity contribution is -0.132. The highest BCUT2D eigenvalue weighted by molar-refractivity contribution is 6.51. The lowest BCUT2D eigenvalue weighted by Crippen LogP contribution is -2.29. The number of ether oxygens (including phenoxy) is 1. The fraction of sp³-hybridized carbons (Fsp3) is 0.120. The maximum atomic E-state index is 13.5. The van der Waals surface area contributed by atoms with Crippen molar-refractivity contribution >= 4 is 23.1 Å². The number of hydrogen-bond acceptors (Lipinski definition) is 4. The normalized spacial score (nSPS) is 17.7. The molecule has 1 N–H and O–H groups in total. The SMILES string of the molecule is CCOc1ccc(/C(O)=C2\C(=O)C(=O)N(c3ccc(F)cc3)C2c2ccccc2)cc1. The molecule has 1 atom stereocenters. The first-order valence-corrected chi connectivity index (χ1v) is 9.86. The predicted octanol–water partition coefficient (Wildman–Crippen LogP) is 4.85. The van der Waals surface area contributed by atoms with Gasteiger partial charge in [-0.25, -0.2) is 4.39 Å². The zero-order valence-corrected chi connectivity index (χ0v) is 16.8. The fourth-order valence-corrected chi connectivity index (χ4v) is 3.68. The van der Waals surface area contributed by atoms with Crippen LogP contribution in [0.15, 0.2) is 84.4 Å². The molecule has 3 aromatic rings. The Morgan fingerprint density at radius 1 is 0.968 bits per heavy atom. The highest BCUT2D eigenvalue weighted by atomic mass is 19.1. The topological polar surface area (TPSA) is 66.8 Å². The van der Waals surface area contributed by atoms with E-state index in [9.17, 15) is 19.1 Å². The maximum absolute atomic E-state index is 13.5. The number of ketones is 1.